The van der Waals surface area contributed by atoms with Gasteiger partial charge in [0, 0.05) is 6.07 Å². The van der Waals surface area contributed by atoms with Gasteiger partial charge in [0.1, 0.15) is 18.0 Å². The topological polar surface area (TPSA) is 61.0 Å². The van der Waals surface area contributed by atoms with Crippen LogP contribution in [0.1, 0.15) is 18.9 Å². The maximum absolute atomic E-state index is 13.5. The smallest absolute Gasteiger partial charge is 0.227 e. The molecule has 0 aliphatic rings. The van der Waals surface area contributed by atoms with Gasteiger partial charge in [-0.3, -0.25) is 0 Å². The molecule has 1 heterocycles. The van der Waals surface area contributed by atoms with Gasteiger partial charge in [0.15, 0.2) is 11.6 Å². The summed E-state index contributed by atoms with van der Waals surface area (Å²) < 4.78 is 31.7. The highest BCUT2D eigenvalue weighted by molar-refractivity contribution is 5.46. The van der Waals surface area contributed by atoms with Crippen molar-refractivity contribution in [2.24, 2.45) is 0 Å². The van der Waals surface area contributed by atoms with Gasteiger partial charge in [-0.2, -0.15) is 0 Å². The lowest BCUT2D eigenvalue weighted by Gasteiger charge is -2.11. The minimum atomic E-state index is -0.792. The molecular weight excluding hydrogens is 252 g/mol. The average molecular weight is 265 g/mol. The van der Waals surface area contributed by atoms with Crippen molar-refractivity contribution in [3.05, 3.63) is 41.7 Å². The number of anilines is 1. The van der Waals surface area contributed by atoms with Crippen LogP contribution >= 0.6 is 0 Å². The zero-order valence-electron chi connectivity index (χ0n) is 10.4. The van der Waals surface area contributed by atoms with Crippen LogP contribution in [0.15, 0.2) is 24.5 Å². The number of rotatable bonds is 4. The summed E-state index contributed by atoms with van der Waals surface area (Å²) in [6, 6.07) is 3.07. The lowest BCUT2D eigenvalue weighted by Crippen LogP contribution is -2.03. The molecule has 100 valence electrons. The molecule has 0 radical (unpaired) electrons. The van der Waals surface area contributed by atoms with Crippen LogP contribution in [0.2, 0.25) is 0 Å². The average Bonchev–Trinajstić information content (AvgIpc) is 2.37. The van der Waals surface area contributed by atoms with Gasteiger partial charge in [0.2, 0.25) is 5.88 Å². The Bertz CT molecular complexity index is 590. The van der Waals surface area contributed by atoms with E-state index in [1.807, 2.05) is 6.92 Å². The molecule has 0 atom stereocenters. The van der Waals surface area contributed by atoms with Crippen molar-refractivity contribution in [2.45, 2.75) is 19.8 Å². The summed E-state index contributed by atoms with van der Waals surface area (Å²) in [7, 11) is 0. The Balaban J connectivity index is 2.35. The molecule has 0 fully saturated rings. The SMILES string of the molecule is CCCc1c(N)ncnc1Oc1ccc(F)cc1F. The molecule has 2 aromatic rings. The quantitative estimate of drug-likeness (QED) is 0.922. The first kappa shape index (κ1) is 13.2. The molecular formula is C13H13F2N3O. The maximum atomic E-state index is 13.5. The zero-order valence-corrected chi connectivity index (χ0v) is 10.4. The molecule has 0 aliphatic heterocycles. The molecule has 19 heavy (non-hydrogen) atoms. The van der Waals surface area contributed by atoms with Crippen LogP contribution in [0.5, 0.6) is 11.6 Å². The van der Waals surface area contributed by atoms with Crippen molar-refractivity contribution in [1.82, 2.24) is 9.97 Å². The van der Waals surface area contributed by atoms with Crippen molar-refractivity contribution in [3.63, 3.8) is 0 Å². The summed E-state index contributed by atoms with van der Waals surface area (Å²) in [5, 5.41) is 0. The molecule has 0 amide bonds. The fraction of sp³-hybridized carbons (Fsp3) is 0.231. The van der Waals surface area contributed by atoms with Crippen LogP contribution in [-0.2, 0) is 6.42 Å². The molecule has 0 unspecified atom stereocenters. The van der Waals surface area contributed by atoms with Crippen molar-refractivity contribution >= 4 is 5.82 Å². The van der Waals surface area contributed by atoms with Gasteiger partial charge in [-0.1, -0.05) is 13.3 Å². The van der Waals surface area contributed by atoms with E-state index in [0.717, 1.165) is 18.6 Å². The summed E-state index contributed by atoms with van der Waals surface area (Å²) in [4.78, 5) is 7.81. The van der Waals surface area contributed by atoms with Crippen LogP contribution in [-0.4, -0.2) is 9.97 Å². The number of ether oxygens (including phenoxy) is 1. The van der Waals surface area contributed by atoms with Gasteiger partial charge in [-0.15, -0.1) is 0 Å². The van der Waals surface area contributed by atoms with E-state index in [0.29, 0.717) is 17.8 Å². The Kier molecular flexibility index (Phi) is 3.89. The number of hydrogen-bond donors (Lipinski definition) is 1. The fourth-order valence-electron chi connectivity index (χ4n) is 1.64. The van der Waals surface area contributed by atoms with Crippen molar-refractivity contribution in [3.8, 4) is 11.6 Å². The molecule has 0 saturated carbocycles. The highest BCUT2D eigenvalue weighted by Crippen LogP contribution is 2.28. The minimum Gasteiger partial charge on any atom is -0.435 e. The first-order chi connectivity index (χ1) is 9.11. The Morgan fingerprint density at radius 3 is 2.74 bits per heavy atom. The summed E-state index contributed by atoms with van der Waals surface area (Å²) in [6.07, 6.45) is 2.68. The first-order valence-electron chi connectivity index (χ1n) is 5.84. The molecule has 1 aromatic carbocycles. The Hall–Kier alpha value is -2.24. The minimum absolute atomic E-state index is 0.100. The molecule has 0 spiro atoms. The third-order valence-electron chi connectivity index (χ3n) is 2.54. The predicted octanol–water partition coefficient (Wildman–Crippen LogP) is 3.08. The van der Waals surface area contributed by atoms with Gasteiger partial charge in [-0.25, -0.2) is 18.7 Å². The zero-order chi connectivity index (χ0) is 13.8. The number of nitrogens with zero attached hydrogens (tertiary/aromatic N) is 2. The monoisotopic (exact) mass is 265 g/mol. The van der Waals surface area contributed by atoms with E-state index in [-0.39, 0.29) is 11.6 Å². The normalized spacial score (nSPS) is 10.5. The largest absolute Gasteiger partial charge is 0.435 e. The van der Waals surface area contributed by atoms with Crippen LogP contribution in [0.25, 0.3) is 0 Å². The number of nitrogen functional groups attached to an aromatic ring is 1. The highest BCUT2D eigenvalue weighted by atomic mass is 19.1. The van der Waals surface area contributed by atoms with E-state index in [2.05, 4.69) is 9.97 Å². The van der Waals surface area contributed by atoms with Crippen molar-refractivity contribution in [2.75, 3.05) is 5.73 Å². The molecule has 0 saturated heterocycles. The van der Waals surface area contributed by atoms with Gasteiger partial charge >= 0.3 is 0 Å². The van der Waals surface area contributed by atoms with E-state index in [1.165, 1.54) is 12.4 Å². The summed E-state index contributed by atoms with van der Waals surface area (Å²) >= 11 is 0. The van der Waals surface area contributed by atoms with Gasteiger partial charge in [0.05, 0.1) is 5.56 Å². The van der Waals surface area contributed by atoms with Gasteiger partial charge < -0.3 is 10.5 Å². The molecule has 0 bridgehead atoms. The Labute approximate surface area is 109 Å². The van der Waals surface area contributed by atoms with Crippen molar-refractivity contribution in [1.29, 1.82) is 0 Å². The first-order valence-corrected chi connectivity index (χ1v) is 5.84. The number of hydrogen-bond acceptors (Lipinski definition) is 4. The lowest BCUT2D eigenvalue weighted by atomic mass is 10.2. The van der Waals surface area contributed by atoms with Crippen LogP contribution in [0.4, 0.5) is 14.6 Å². The van der Waals surface area contributed by atoms with E-state index < -0.39 is 11.6 Å². The molecule has 1 aromatic heterocycles. The van der Waals surface area contributed by atoms with Crippen LogP contribution in [0, 0.1) is 11.6 Å². The third kappa shape index (κ3) is 2.96. The summed E-state index contributed by atoms with van der Waals surface area (Å²) in [6.45, 7) is 1.97. The highest BCUT2D eigenvalue weighted by Gasteiger charge is 2.13. The number of halogens is 2. The maximum Gasteiger partial charge on any atom is 0.227 e. The second kappa shape index (κ2) is 5.60. The van der Waals surface area contributed by atoms with E-state index >= 15 is 0 Å². The van der Waals surface area contributed by atoms with Crippen LogP contribution < -0.4 is 10.5 Å². The van der Waals surface area contributed by atoms with E-state index in [1.54, 1.807) is 0 Å². The predicted molar refractivity (Wildman–Crippen MR) is 66.9 cm³/mol. The lowest BCUT2D eigenvalue weighted by molar-refractivity contribution is 0.418. The Morgan fingerprint density at radius 2 is 2.05 bits per heavy atom. The molecule has 6 heteroatoms. The molecule has 4 nitrogen and oxygen atoms in total. The molecule has 2 N–H and O–H groups in total. The number of nitrogens with two attached hydrogens (primary N) is 1. The van der Waals surface area contributed by atoms with E-state index in [4.69, 9.17) is 10.5 Å². The van der Waals surface area contributed by atoms with Crippen molar-refractivity contribution < 1.29 is 13.5 Å². The molecule has 0 aliphatic carbocycles. The third-order valence-corrected chi connectivity index (χ3v) is 2.54. The fourth-order valence-corrected chi connectivity index (χ4v) is 1.64. The van der Waals surface area contributed by atoms with Gasteiger partial charge in [0.25, 0.3) is 0 Å². The summed E-state index contributed by atoms with van der Waals surface area (Å²) in [5.74, 6) is -1.06. The van der Waals surface area contributed by atoms with Gasteiger partial charge in [-0.05, 0) is 18.6 Å². The number of benzene rings is 1. The van der Waals surface area contributed by atoms with E-state index in [9.17, 15) is 8.78 Å². The second-order valence-electron chi connectivity index (χ2n) is 3.97. The summed E-state index contributed by atoms with van der Waals surface area (Å²) in [5.41, 5.74) is 6.36. The molecule has 2 rings (SSSR count). The second-order valence-corrected chi connectivity index (χ2v) is 3.97. The standard InChI is InChI=1S/C13H13F2N3O/c1-2-3-9-12(16)17-7-18-13(9)19-11-5-4-8(14)6-10(11)15/h4-7H,2-3H2,1H3,(H2,16,17,18). The Morgan fingerprint density at radius 1 is 1.26 bits per heavy atom. The number of aromatic nitrogens is 2. The van der Waals surface area contributed by atoms with Crippen LogP contribution in [0.3, 0.4) is 0 Å².